The van der Waals surface area contributed by atoms with Crippen LogP contribution in [0.4, 0.5) is 0 Å². The van der Waals surface area contributed by atoms with Crippen molar-refractivity contribution in [1.82, 2.24) is 0 Å². The summed E-state index contributed by atoms with van der Waals surface area (Å²) in [5, 5.41) is 0. The molecule has 0 heterocycles. The molecule has 0 spiro atoms. The predicted octanol–water partition coefficient (Wildman–Crippen LogP) is 5.08. The van der Waals surface area contributed by atoms with Crippen LogP contribution >= 0.6 is 0 Å². The highest BCUT2D eigenvalue weighted by atomic mass is 14.7. The number of nitrogens with zero attached hydrogens (tertiary/aromatic N) is 1. The Bertz CT molecular complexity index is 425. The Balaban J connectivity index is 3.09. The summed E-state index contributed by atoms with van der Waals surface area (Å²) >= 11 is 0. The van der Waals surface area contributed by atoms with Gasteiger partial charge in [-0.25, -0.2) is 0 Å². The average Bonchev–Trinajstić information content (AvgIpc) is 2.22. The van der Waals surface area contributed by atoms with Crippen molar-refractivity contribution in [1.29, 1.82) is 0 Å². The van der Waals surface area contributed by atoms with Crippen LogP contribution in [0.25, 0.3) is 0 Å². The molecule has 0 aromatic heterocycles. The van der Waals surface area contributed by atoms with Crippen LogP contribution in [0, 0.1) is 10.8 Å². The number of allylic oxidation sites excluding steroid dienone is 1. The molecule has 1 aromatic carbocycles. The zero-order chi connectivity index (χ0) is 13.8. The molecule has 1 aromatic rings. The summed E-state index contributed by atoms with van der Waals surface area (Å²) in [6, 6.07) is 10.4. The fraction of sp³-hybridized carbons (Fsp3) is 0.471. The monoisotopic (exact) mass is 243 g/mol. The molecule has 0 bridgehead atoms. The van der Waals surface area contributed by atoms with Gasteiger partial charge in [0.05, 0.1) is 5.71 Å². The van der Waals surface area contributed by atoms with E-state index in [2.05, 4.69) is 76.9 Å². The standard InChI is InChI=1S/C17H25N/c1-16(2,3)12-13-18-15(17(4,5)6)14-10-8-7-9-11-14/h7-13H,1-6H3/b13-12-,18-15?. The Morgan fingerprint density at radius 3 is 1.94 bits per heavy atom. The maximum Gasteiger partial charge on any atom is 0.0529 e. The van der Waals surface area contributed by atoms with Gasteiger partial charge in [-0.2, -0.15) is 0 Å². The molecule has 0 aliphatic heterocycles. The Labute approximate surface area is 112 Å². The number of hydrogen-bond donors (Lipinski definition) is 0. The lowest BCUT2D eigenvalue weighted by atomic mass is 9.85. The van der Waals surface area contributed by atoms with Gasteiger partial charge in [-0.3, -0.25) is 4.99 Å². The third kappa shape index (κ3) is 4.87. The van der Waals surface area contributed by atoms with E-state index in [-0.39, 0.29) is 10.8 Å². The highest BCUT2D eigenvalue weighted by molar-refractivity contribution is 6.04. The van der Waals surface area contributed by atoms with E-state index < -0.39 is 0 Å². The summed E-state index contributed by atoms with van der Waals surface area (Å²) in [7, 11) is 0. The lowest BCUT2D eigenvalue weighted by molar-refractivity contribution is 0.542. The average molecular weight is 243 g/mol. The van der Waals surface area contributed by atoms with Crippen molar-refractivity contribution in [3.05, 3.63) is 48.2 Å². The van der Waals surface area contributed by atoms with Gasteiger partial charge in [-0.1, -0.05) is 78.0 Å². The molecule has 0 N–H and O–H groups in total. The molecule has 98 valence electrons. The third-order valence-corrected chi connectivity index (χ3v) is 2.54. The van der Waals surface area contributed by atoms with Crippen LogP contribution in [0.5, 0.6) is 0 Å². The van der Waals surface area contributed by atoms with Crippen molar-refractivity contribution in [3.8, 4) is 0 Å². The third-order valence-electron chi connectivity index (χ3n) is 2.54. The number of hydrogen-bond acceptors (Lipinski definition) is 1. The van der Waals surface area contributed by atoms with Gasteiger partial charge in [0.1, 0.15) is 0 Å². The predicted molar refractivity (Wildman–Crippen MR) is 81.0 cm³/mol. The maximum atomic E-state index is 4.69. The zero-order valence-corrected chi connectivity index (χ0v) is 12.5. The van der Waals surface area contributed by atoms with E-state index in [1.807, 2.05) is 12.3 Å². The molecule has 0 radical (unpaired) electrons. The first-order chi connectivity index (χ1) is 8.20. The van der Waals surface area contributed by atoms with Crippen LogP contribution in [0.2, 0.25) is 0 Å². The van der Waals surface area contributed by atoms with E-state index in [0.29, 0.717) is 0 Å². The summed E-state index contributed by atoms with van der Waals surface area (Å²) in [6.45, 7) is 13.1. The van der Waals surface area contributed by atoms with Gasteiger partial charge in [0, 0.05) is 11.6 Å². The minimum Gasteiger partial charge on any atom is -0.260 e. The second kappa shape index (κ2) is 5.51. The molecule has 18 heavy (non-hydrogen) atoms. The summed E-state index contributed by atoms with van der Waals surface area (Å²) in [6.07, 6.45) is 4.08. The minimum atomic E-state index is 0.0452. The normalized spacial score (nSPS) is 14.2. The van der Waals surface area contributed by atoms with Crippen LogP contribution in [0.3, 0.4) is 0 Å². The zero-order valence-electron chi connectivity index (χ0n) is 12.5. The SMILES string of the molecule is CC(C)(C)/C=C\N=C(c1ccccc1)C(C)(C)C. The summed E-state index contributed by atoms with van der Waals surface area (Å²) in [5.74, 6) is 0. The van der Waals surface area contributed by atoms with Crippen molar-refractivity contribution < 1.29 is 0 Å². The van der Waals surface area contributed by atoms with Gasteiger partial charge in [0.25, 0.3) is 0 Å². The first-order valence-electron chi connectivity index (χ1n) is 6.51. The Morgan fingerprint density at radius 1 is 0.944 bits per heavy atom. The second-order valence-corrected chi connectivity index (χ2v) is 6.78. The number of rotatable bonds is 2. The van der Waals surface area contributed by atoms with E-state index >= 15 is 0 Å². The number of aliphatic imine (C=N–C) groups is 1. The first-order valence-corrected chi connectivity index (χ1v) is 6.51. The van der Waals surface area contributed by atoms with Gasteiger partial charge < -0.3 is 0 Å². The molecular formula is C17H25N. The van der Waals surface area contributed by atoms with Gasteiger partial charge in [0.2, 0.25) is 0 Å². The van der Waals surface area contributed by atoms with E-state index in [0.717, 1.165) is 5.71 Å². The lowest BCUT2D eigenvalue weighted by Crippen LogP contribution is -2.21. The Kier molecular flexibility index (Phi) is 4.50. The quantitative estimate of drug-likeness (QED) is 0.642. The summed E-state index contributed by atoms with van der Waals surface area (Å²) in [4.78, 5) is 4.69. The first kappa shape index (κ1) is 14.7. The molecule has 0 aliphatic rings. The lowest BCUT2D eigenvalue weighted by Gasteiger charge is -2.21. The van der Waals surface area contributed by atoms with E-state index in [1.165, 1.54) is 5.56 Å². The highest BCUT2D eigenvalue weighted by Gasteiger charge is 2.19. The molecule has 0 fully saturated rings. The van der Waals surface area contributed by atoms with Gasteiger partial charge >= 0.3 is 0 Å². The van der Waals surface area contributed by atoms with Crippen molar-refractivity contribution in [2.45, 2.75) is 41.5 Å². The van der Waals surface area contributed by atoms with Crippen molar-refractivity contribution in [2.24, 2.45) is 15.8 Å². The highest BCUT2D eigenvalue weighted by Crippen LogP contribution is 2.23. The van der Waals surface area contributed by atoms with Crippen LogP contribution < -0.4 is 0 Å². The largest absolute Gasteiger partial charge is 0.260 e. The molecular weight excluding hydrogens is 218 g/mol. The fourth-order valence-corrected chi connectivity index (χ4v) is 1.63. The van der Waals surface area contributed by atoms with Crippen LogP contribution in [0.1, 0.15) is 47.1 Å². The van der Waals surface area contributed by atoms with E-state index in [9.17, 15) is 0 Å². The summed E-state index contributed by atoms with van der Waals surface area (Å²) < 4.78 is 0. The van der Waals surface area contributed by atoms with Crippen molar-refractivity contribution in [2.75, 3.05) is 0 Å². The van der Waals surface area contributed by atoms with Gasteiger partial charge in [-0.15, -0.1) is 0 Å². The van der Waals surface area contributed by atoms with Gasteiger partial charge in [-0.05, 0) is 11.0 Å². The molecule has 0 amide bonds. The van der Waals surface area contributed by atoms with Crippen LogP contribution in [-0.4, -0.2) is 5.71 Å². The molecule has 0 saturated carbocycles. The topological polar surface area (TPSA) is 12.4 Å². The maximum absolute atomic E-state index is 4.69. The van der Waals surface area contributed by atoms with E-state index in [4.69, 9.17) is 0 Å². The van der Waals surface area contributed by atoms with Crippen molar-refractivity contribution >= 4 is 5.71 Å². The second-order valence-electron chi connectivity index (χ2n) is 6.78. The molecule has 1 nitrogen and oxygen atoms in total. The minimum absolute atomic E-state index is 0.0452. The van der Waals surface area contributed by atoms with Crippen LogP contribution in [-0.2, 0) is 0 Å². The van der Waals surface area contributed by atoms with Crippen molar-refractivity contribution in [3.63, 3.8) is 0 Å². The van der Waals surface area contributed by atoms with E-state index in [1.54, 1.807) is 0 Å². The molecule has 1 rings (SSSR count). The summed E-state index contributed by atoms with van der Waals surface area (Å²) in [5.41, 5.74) is 2.54. The molecule has 1 heteroatoms. The molecule has 0 saturated heterocycles. The smallest absolute Gasteiger partial charge is 0.0529 e. The fourth-order valence-electron chi connectivity index (χ4n) is 1.63. The van der Waals surface area contributed by atoms with Gasteiger partial charge in [0.15, 0.2) is 0 Å². The number of benzene rings is 1. The Hall–Kier alpha value is -1.37. The Morgan fingerprint density at radius 2 is 1.50 bits per heavy atom. The molecule has 0 unspecified atom stereocenters. The van der Waals surface area contributed by atoms with Crippen LogP contribution in [0.15, 0.2) is 47.6 Å². The molecule has 0 atom stereocenters. The molecule has 0 aliphatic carbocycles.